The number of aromatic amines is 1. The number of hydrogen-bond donors (Lipinski definition) is 1. The zero-order valence-electron chi connectivity index (χ0n) is 20.5. The molecule has 0 bridgehead atoms. The number of halogens is 1. The summed E-state index contributed by atoms with van der Waals surface area (Å²) >= 11 is 0. The normalized spacial score (nSPS) is 20.2. The fourth-order valence-corrected chi connectivity index (χ4v) is 7.44. The summed E-state index contributed by atoms with van der Waals surface area (Å²) in [6, 6.07) is 11.6. The van der Waals surface area contributed by atoms with E-state index in [1.807, 2.05) is 0 Å². The fourth-order valence-electron chi connectivity index (χ4n) is 5.24. The quantitative estimate of drug-likeness (QED) is 0.354. The highest BCUT2D eigenvalue weighted by atomic mass is 32.2. The topological polar surface area (TPSA) is 128 Å². The molecular formula is C26H25FN4O6S. The molecule has 2 aromatic heterocycles. The predicted molar refractivity (Wildman–Crippen MR) is 136 cm³/mol. The van der Waals surface area contributed by atoms with Gasteiger partial charge in [0.25, 0.3) is 5.91 Å². The Morgan fingerprint density at radius 2 is 1.87 bits per heavy atom. The van der Waals surface area contributed by atoms with Crippen LogP contribution in [0.15, 0.2) is 47.0 Å². The lowest BCUT2D eigenvalue weighted by Gasteiger charge is -2.17. The summed E-state index contributed by atoms with van der Waals surface area (Å²) in [4.78, 5) is 14.7. The average molecular weight is 541 g/mol. The number of nitrogens with zero attached hydrogens (tertiary/aromatic N) is 3. The van der Waals surface area contributed by atoms with Crippen molar-refractivity contribution < 1.29 is 31.6 Å². The average Bonchev–Trinajstić information content (AvgIpc) is 3.66. The van der Waals surface area contributed by atoms with Gasteiger partial charge in [-0.05, 0) is 30.0 Å². The van der Waals surface area contributed by atoms with E-state index < -0.39 is 15.7 Å². The molecule has 198 valence electrons. The standard InChI is InChI=1S/C26H25FN4O6S/c1-35-6-7-36-23-10-22-19(8-20(23)27)25(29-28-22)24-9-21(30-37-24)15-2-4-16(5-3-15)26(32)31-11-17-13-38(33,34)14-18(17)12-31/h2-5,8-10,17-18H,6-7,11-14H2,1H3,(H,28,29). The van der Waals surface area contributed by atoms with Crippen LogP contribution in [-0.2, 0) is 14.6 Å². The summed E-state index contributed by atoms with van der Waals surface area (Å²) in [7, 11) is -1.44. The largest absolute Gasteiger partial charge is 0.488 e. The van der Waals surface area contributed by atoms with E-state index in [4.69, 9.17) is 14.0 Å². The minimum Gasteiger partial charge on any atom is -0.488 e. The van der Waals surface area contributed by atoms with Crippen molar-refractivity contribution in [3.63, 3.8) is 0 Å². The van der Waals surface area contributed by atoms with Crippen LogP contribution in [0.2, 0.25) is 0 Å². The Morgan fingerprint density at radius 1 is 1.13 bits per heavy atom. The van der Waals surface area contributed by atoms with Gasteiger partial charge in [-0.1, -0.05) is 17.3 Å². The summed E-state index contributed by atoms with van der Waals surface area (Å²) in [5, 5.41) is 11.8. The second-order valence-electron chi connectivity index (χ2n) is 9.70. The van der Waals surface area contributed by atoms with Crippen LogP contribution in [0.4, 0.5) is 4.39 Å². The SMILES string of the molecule is COCCOc1cc2[nH]nc(-c3cc(-c4ccc(C(=O)N5CC6CS(=O)(=O)CC6C5)cc4)no3)c2cc1F. The first kappa shape index (κ1) is 24.6. The molecule has 2 fully saturated rings. The lowest BCUT2D eigenvalue weighted by atomic mass is 10.0. The van der Waals surface area contributed by atoms with Gasteiger partial charge in [0, 0.05) is 48.8 Å². The Hall–Kier alpha value is -3.77. The van der Waals surface area contributed by atoms with Crippen LogP contribution in [0.25, 0.3) is 33.6 Å². The van der Waals surface area contributed by atoms with E-state index in [0.717, 1.165) is 5.56 Å². The molecule has 2 aliphatic heterocycles. The van der Waals surface area contributed by atoms with Crippen molar-refractivity contribution in [3.05, 3.63) is 53.8 Å². The number of nitrogens with one attached hydrogen (secondary N) is 1. The van der Waals surface area contributed by atoms with E-state index in [2.05, 4.69) is 15.4 Å². The van der Waals surface area contributed by atoms with E-state index in [0.29, 0.717) is 53.3 Å². The number of benzene rings is 2. The first-order valence-corrected chi connectivity index (χ1v) is 14.0. The molecule has 0 saturated carbocycles. The number of carbonyl (C=O) groups is 1. The van der Waals surface area contributed by atoms with E-state index in [-0.39, 0.29) is 41.6 Å². The summed E-state index contributed by atoms with van der Waals surface area (Å²) in [5.74, 6) is 0.194. The molecule has 0 aliphatic carbocycles. The molecule has 10 nitrogen and oxygen atoms in total. The Morgan fingerprint density at radius 3 is 2.58 bits per heavy atom. The van der Waals surface area contributed by atoms with E-state index in [9.17, 15) is 17.6 Å². The van der Waals surface area contributed by atoms with Gasteiger partial charge in [-0.25, -0.2) is 12.8 Å². The summed E-state index contributed by atoms with van der Waals surface area (Å²) in [5.41, 5.74) is 2.79. The van der Waals surface area contributed by atoms with Crippen molar-refractivity contribution in [2.24, 2.45) is 11.8 Å². The maximum Gasteiger partial charge on any atom is 0.253 e. The Labute approximate surface area is 217 Å². The van der Waals surface area contributed by atoms with E-state index >= 15 is 0 Å². The monoisotopic (exact) mass is 540 g/mol. The summed E-state index contributed by atoms with van der Waals surface area (Å²) in [6.07, 6.45) is 0. The van der Waals surface area contributed by atoms with Gasteiger partial charge in [-0.3, -0.25) is 9.89 Å². The predicted octanol–water partition coefficient (Wildman–Crippen LogP) is 3.17. The van der Waals surface area contributed by atoms with Gasteiger partial charge in [0.1, 0.15) is 18.0 Å². The van der Waals surface area contributed by atoms with Crippen molar-refractivity contribution in [3.8, 4) is 28.5 Å². The number of hydrogen-bond acceptors (Lipinski definition) is 8. The van der Waals surface area contributed by atoms with Gasteiger partial charge in [-0.2, -0.15) is 5.10 Å². The number of fused-ring (bicyclic) bond motifs is 2. The lowest BCUT2D eigenvalue weighted by Crippen LogP contribution is -2.31. The van der Waals surface area contributed by atoms with Crippen LogP contribution < -0.4 is 4.74 Å². The van der Waals surface area contributed by atoms with Crippen LogP contribution in [0.3, 0.4) is 0 Å². The molecular weight excluding hydrogens is 515 g/mol. The Balaban J connectivity index is 1.17. The van der Waals surface area contributed by atoms with Gasteiger partial charge in [-0.15, -0.1) is 0 Å². The third kappa shape index (κ3) is 4.54. The van der Waals surface area contributed by atoms with Gasteiger partial charge in [0.05, 0.1) is 23.6 Å². The number of amides is 1. The molecule has 1 amide bonds. The van der Waals surface area contributed by atoms with E-state index in [1.54, 1.807) is 42.3 Å². The smallest absolute Gasteiger partial charge is 0.253 e. The van der Waals surface area contributed by atoms with Gasteiger partial charge in [0.15, 0.2) is 27.2 Å². The molecule has 12 heteroatoms. The molecule has 4 heterocycles. The lowest BCUT2D eigenvalue weighted by molar-refractivity contribution is 0.0784. The third-order valence-corrected chi connectivity index (χ3v) is 9.00. The highest BCUT2D eigenvalue weighted by Gasteiger charge is 2.45. The van der Waals surface area contributed by atoms with Crippen LogP contribution >= 0.6 is 0 Å². The van der Waals surface area contributed by atoms with Gasteiger partial charge < -0.3 is 18.9 Å². The maximum absolute atomic E-state index is 14.6. The van der Waals surface area contributed by atoms with Crippen molar-refractivity contribution in [1.29, 1.82) is 0 Å². The molecule has 0 spiro atoms. The molecule has 2 unspecified atom stereocenters. The maximum atomic E-state index is 14.6. The molecule has 2 saturated heterocycles. The third-order valence-electron chi connectivity index (χ3n) is 7.13. The van der Waals surface area contributed by atoms with Crippen molar-refractivity contribution in [2.45, 2.75) is 0 Å². The number of rotatable bonds is 7. The number of carbonyl (C=O) groups excluding carboxylic acids is 1. The number of sulfone groups is 1. The van der Waals surface area contributed by atoms with E-state index in [1.165, 1.54) is 12.1 Å². The molecule has 2 aliphatic rings. The Kier molecular flexibility index (Phi) is 6.15. The van der Waals surface area contributed by atoms with Gasteiger partial charge >= 0.3 is 0 Å². The highest BCUT2D eigenvalue weighted by Crippen LogP contribution is 2.35. The highest BCUT2D eigenvalue weighted by molar-refractivity contribution is 7.91. The number of methoxy groups -OCH3 is 1. The number of H-pyrrole nitrogens is 1. The molecule has 38 heavy (non-hydrogen) atoms. The minimum absolute atomic E-state index is 0.0261. The first-order chi connectivity index (χ1) is 18.3. The first-order valence-electron chi connectivity index (χ1n) is 12.2. The van der Waals surface area contributed by atoms with Crippen LogP contribution in [0.5, 0.6) is 5.75 Å². The van der Waals surface area contributed by atoms with Crippen LogP contribution in [0, 0.1) is 17.7 Å². The van der Waals surface area contributed by atoms with Gasteiger partial charge in [0.2, 0.25) is 0 Å². The number of likely N-dealkylation sites (tertiary alicyclic amines) is 1. The second-order valence-corrected chi connectivity index (χ2v) is 11.9. The molecule has 6 rings (SSSR count). The van der Waals surface area contributed by atoms with Crippen molar-refractivity contribution in [1.82, 2.24) is 20.3 Å². The van der Waals surface area contributed by atoms with Crippen LogP contribution in [-0.4, -0.2) is 79.5 Å². The molecule has 4 aromatic rings. The zero-order chi connectivity index (χ0) is 26.4. The zero-order valence-corrected chi connectivity index (χ0v) is 21.3. The summed E-state index contributed by atoms with van der Waals surface area (Å²) < 4.78 is 54.1. The van der Waals surface area contributed by atoms with Crippen molar-refractivity contribution in [2.75, 3.05) is 44.9 Å². The Bertz CT molecular complexity index is 1590. The second kappa shape index (κ2) is 9.52. The molecule has 2 aromatic carbocycles. The summed E-state index contributed by atoms with van der Waals surface area (Å²) in [6.45, 7) is 1.50. The number of ether oxygens (including phenoxy) is 2. The number of aromatic nitrogens is 3. The molecule has 0 radical (unpaired) electrons. The minimum atomic E-state index is -2.98. The van der Waals surface area contributed by atoms with Crippen molar-refractivity contribution >= 4 is 26.6 Å². The molecule has 2 atom stereocenters. The fraction of sp³-hybridized carbons (Fsp3) is 0.346. The van der Waals surface area contributed by atoms with Crippen LogP contribution in [0.1, 0.15) is 10.4 Å². The molecule has 1 N–H and O–H groups in total.